The van der Waals surface area contributed by atoms with Gasteiger partial charge in [0.05, 0.1) is 6.04 Å². The molecule has 1 amide bonds. The van der Waals surface area contributed by atoms with E-state index in [0.717, 1.165) is 5.56 Å². The summed E-state index contributed by atoms with van der Waals surface area (Å²) in [5.41, 5.74) is 0.730. The van der Waals surface area contributed by atoms with E-state index in [2.05, 4.69) is 10.1 Å². The first-order valence-electron chi connectivity index (χ1n) is 7.59. The maximum absolute atomic E-state index is 13.6. The van der Waals surface area contributed by atoms with E-state index in [4.69, 9.17) is 0 Å². The lowest BCUT2D eigenvalue weighted by molar-refractivity contribution is -0.128. The van der Waals surface area contributed by atoms with Gasteiger partial charge in [-0.3, -0.25) is 9.59 Å². The molecule has 2 aromatic rings. The number of rotatable bonds is 7. The zero-order chi connectivity index (χ0) is 19.3. The Morgan fingerprint density at radius 3 is 2.15 bits per heavy atom. The normalized spacial score (nSPS) is 11.7. The Hall–Kier alpha value is -2.90. The van der Waals surface area contributed by atoms with Crippen molar-refractivity contribution in [3.05, 3.63) is 65.2 Å². The average Bonchev–Trinajstić information content (AvgIpc) is 2.60. The van der Waals surface area contributed by atoms with Gasteiger partial charge in [-0.25, -0.2) is 8.78 Å². The molecule has 0 radical (unpaired) electrons. The summed E-state index contributed by atoms with van der Waals surface area (Å²) in [6.07, 6.45) is 0.116. The fourth-order valence-corrected chi connectivity index (χ4v) is 2.26. The van der Waals surface area contributed by atoms with Crippen LogP contribution in [0.1, 0.15) is 12.5 Å². The second kappa shape index (κ2) is 8.46. The van der Waals surface area contributed by atoms with Gasteiger partial charge in [0.1, 0.15) is 6.61 Å². The molecule has 0 aromatic heterocycles. The van der Waals surface area contributed by atoms with Gasteiger partial charge in [-0.05, 0) is 12.0 Å². The topological polar surface area (TPSA) is 55.4 Å². The molecule has 138 valence electrons. The highest BCUT2D eigenvalue weighted by Crippen LogP contribution is 2.26. The number of ether oxygens (including phenoxy) is 1. The Labute approximate surface area is 146 Å². The molecular formula is C18H15F4NO3. The number of halogens is 4. The largest absolute Gasteiger partial charge is 0.479 e. The second-order valence-corrected chi connectivity index (χ2v) is 5.50. The van der Waals surface area contributed by atoms with Gasteiger partial charge in [-0.1, -0.05) is 30.3 Å². The maximum atomic E-state index is 13.6. The van der Waals surface area contributed by atoms with E-state index in [1.807, 2.05) is 0 Å². The quantitative estimate of drug-likeness (QED) is 0.603. The summed E-state index contributed by atoms with van der Waals surface area (Å²) in [6, 6.07) is 7.71. The smallest absolute Gasteiger partial charge is 0.217 e. The van der Waals surface area contributed by atoms with Gasteiger partial charge in [0.15, 0.2) is 23.2 Å². The van der Waals surface area contributed by atoms with Crippen molar-refractivity contribution in [2.24, 2.45) is 0 Å². The van der Waals surface area contributed by atoms with Crippen LogP contribution in [0.4, 0.5) is 17.6 Å². The fraction of sp³-hybridized carbons (Fsp3) is 0.222. The van der Waals surface area contributed by atoms with Crippen molar-refractivity contribution in [2.75, 3.05) is 6.61 Å². The number of hydrogen-bond acceptors (Lipinski definition) is 3. The van der Waals surface area contributed by atoms with Crippen molar-refractivity contribution in [3.63, 3.8) is 0 Å². The Morgan fingerprint density at radius 1 is 1.04 bits per heavy atom. The zero-order valence-electron chi connectivity index (χ0n) is 13.7. The Morgan fingerprint density at radius 2 is 1.62 bits per heavy atom. The van der Waals surface area contributed by atoms with Crippen molar-refractivity contribution in [3.8, 4) is 5.75 Å². The molecule has 0 saturated carbocycles. The molecule has 0 spiro atoms. The predicted molar refractivity (Wildman–Crippen MR) is 84.5 cm³/mol. The molecule has 0 unspecified atom stereocenters. The van der Waals surface area contributed by atoms with Crippen LogP contribution in [-0.4, -0.2) is 24.3 Å². The van der Waals surface area contributed by atoms with Gasteiger partial charge in [0.2, 0.25) is 17.5 Å². The lowest BCUT2D eigenvalue weighted by Gasteiger charge is -2.17. The molecule has 26 heavy (non-hydrogen) atoms. The first-order chi connectivity index (χ1) is 12.3. The van der Waals surface area contributed by atoms with Crippen LogP contribution < -0.4 is 10.1 Å². The summed E-state index contributed by atoms with van der Waals surface area (Å²) in [7, 11) is 0. The van der Waals surface area contributed by atoms with Gasteiger partial charge in [-0.15, -0.1) is 0 Å². The van der Waals surface area contributed by atoms with Gasteiger partial charge in [-0.2, -0.15) is 8.78 Å². The number of benzene rings is 2. The van der Waals surface area contributed by atoms with Crippen molar-refractivity contribution in [2.45, 2.75) is 19.4 Å². The summed E-state index contributed by atoms with van der Waals surface area (Å²) in [6.45, 7) is 0.321. The van der Waals surface area contributed by atoms with Crippen molar-refractivity contribution in [1.29, 1.82) is 0 Å². The van der Waals surface area contributed by atoms with Crippen LogP contribution in [0, 0.1) is 23.3 Å². The van der Waals surface area contributed by atoms with E-state index in [0.29, 0.717) is 0 Å². The second-order valence-electron chi connectivity index (χ2n) is 5.50. The molecule has 0 bridgehead atoms. The molecule has 0 aliphatic rings. The molecule has 0 fully saturated rings. The lowest BCUT2D eigenvalue weighted by Crippen LogP contribution is -2.43. The van der Waals surface area contributed by atoms with Crippen molar-refractivity contribution in [1.82, 2.24) is 5.32 Å². The molecule has 2 rings (SSSR count). The summed E-state index contributed by atoms with van der Waals surface area (Å²) in [5, 5.41) is 2.41. The van der Waals surface area contributed by atoms with Crippen LogP contribution >= 0.6 is 0 Å². The van der Waals surface area contributed by atoms with E-state index in [-0.39, 0.29) is 12.5 Å². The highest BCUT2D eigenvalue weighted by atomic mass is 19.2. The zero-order valence-corrected chi connectivity index (χ0v) is 13.7. The van der Waals surface area contributed by atoms with Crippen LogP contribution in [-0.2, 0) is 16.0 Å². The third-order valence-electron chi connectivity index (χ3n) is 3.48. The van der Waals surface area contributed by atoms with Crippen LogP contribution in [0.2, 0.25) is 0 Å². The minimum Gasteiger partial charge on any atom is -0.479 e. The Balaban J connectivity index is 2.14. The van der Waals surface area contributed by atoms with Crippen molar-refractivity contribution < 1.29 is 31.9 Å². The standard InChI is InChI=1S/C18H15F4NO3/c1-10(24)23-14(7-11-5-3-2-4-6-11)15(25)9-26-18-16(21)12(19)8-13(20)17(18)22/h2-6,8,14H,7,9H2,1H3,(H,23,24)/t14-/m0/s1. The summed E-state index contributed by atoms with van der Waals surface area (Å²) < 4.78 is 58.1. The van der Waals surface area contributed by atoms with E-state index in [1.54, 1.807) is 30.3 Å². The molecule has 2 aromatic carbocycles. The van der Waals surface area contributed by atoms with Crippen molar-refractivity contribution >= 4 is 11.7 Å². The highest BCUT2D eigenvalue weighted by molar-refractivity contribution is 5.89. The lowest BCUT2D eigenvalue weighted by atomic mass is 10.0. The molecule has 0 saturated heterocycles. The van der Waals surface area contributed by atoms with Crippen LogP contribution in [0.3, 0.4) is 0 Å². The minimum absolute atomic E-state index is 0.0366. The summed E-state index contributed by atoms with van der Waals surface area (Å²) in [5.74, 6) is -9.30. The van der Waals surface area contributed by atoms with E-state index in [9.17, 15) is 27.2 Å². The first kappa shape index (κ1) is 19.4. The Kier molecular flexibility index (Phi) is 6.32. The number of Topliss-reactive ketones (excluding diaryl/α,β-unsaturated/α-hetero) is 1. The van der Waals surface area contributed by atoms with Gasteiger partial charge in [0, 0.05) is 13.0 Å². The van der Waals surface area contributed by atoms with E-state index in [1.165, 1.54) is 6.92 Å². The molecule has 0 aliphatic heterocycles. The molecule has 8 heteroatoms. The number of nitrogens with one attached hydrogen (secondary N) is 1. The molecular weight excluding hydrogens is 354 g/mol. The molecule has 1 N–H and O–H groups in total. The predicted octanol–water partition coefficient (Wildman–Crippen LogP) is 2.94. The molecule has 0 heterocycles. The number of carbonyl (C=O) groups is 2. The maximum Gasteiger partial charge on any atom is 0.217 e. The summed E-state index contributed by atoms with van der Waals surface area (Å²) >= 11 is 0. The number of ketones is 1. The monoisotopic (exact) mass is 369 g/mol. The molecule has 4 nitrogen and oxygen atoms in total. The van der Waals surface area contributed by atoms with E-state index >= 15 is 0 Å². The Bertz CT molecular complexity index is 786. The average molecular weight is 369 g/mol. The van der Waals surface area contributed by atoms with Crippen LogP contribution in [0.5, 0.6) is 5.75 Å². The summed E-state index contributed by atoms with van der Waals surface area (Å²) in [4.78, 5) is 23.6. The van der Waals surface area contributed by atoms with Crippen LogP contribution in [0.25, 0.3) is 0 Å². The third kappa shape index (κ3) is 4.81. The number of amides is 1. The van der Waals surface area contributed by atoms with Crippen LogP contribution in [0.15, 0.2) is 36.4 Å². The minimum atomic E-state index is -1.74. The first-order valence-corrected chi connectivity index (χ1v) is 7.59. The SMILES string of the molecule is CC(=O)N[C@@H](Cc1ccccc1)C(=O)COc1c(F)c(F)cc(F)c1F. The number of hydrogen-bond donors (Lipinski definition) is 1. The molecule has 0 aliphatic carbocycles. The fourth-order valence-electron chi connectivity index (χ4n) is 2.26. The number of carbonyl (C=O) groups excluding carboxylic acids is 2. The highest BCUT2D eigenvalue weighted by Gasteiger charge is 2.24. The van der Waals surface area contributed by atoms with E-state index < -0.39 is 53.4 Å². The van der Waals surface area contributed by atoms with Gasteiger partial charge < -0.3 is 10.1 Å². The molecule has 1 atom stereocenters. The van der Waals surface area contributed by atoms with Gasteiger partial charge in [0.25, 0.3) is 0 Å². The van der Waals surface area contributed by atoms with Gasteiger partial charge >= 0.3 is 0 Å². The third-order valence-corrected chi connectivity index (χ3v) is 3.48.